The van der Waals surface area contributed by atoms with Gasteiger partial charge >= 0.3 is 0 Å². The van der Waals surface area contributed by atoms with Gasteiger partial charge in [-0.15, -0.1) is 5.10 Å². The molecule has 168 valence electrons. The molecule has 4 aromatic rings. The predicted octanol–water partition coefficient (Wildman–Crippen LogP) is 2.83. The monoisotopic (exact) mass is 447 g/mol. The number of aromatic nitrogens is 3. The first-order chi connectivity index (χ1) is 16.0. The Kier molecular flexibility index (Phi) is 6.70. The molecule has 4 rings (SSSR count). The molecule has 33 heavy (non-hydrogen) atoms. The van der Waals surface area contributed by atoms with E-state index in [1.165, 1.54) is 28.9 Å². The summed E-state index contributed by atoms with van der Waals surface area (Å²) in [5.41, 5.74) is 3.54. The van der Waals surface area contributed by atoms with Crippen molar-refractivity contribution in [2.45, 2.75) is 18.9 Å². The molecule has 0 saturated heterocycles. The van der Waals surface area contributed by atoms with E-state index in [4.69, 9.17) is 0 Å². The standard InChI is InChI=1S/C24H22FN5O3/c25-20-9-7-18(8-10-20)23(31)26-12-11-21-15-30(29-27-21)22(24(32)28-33)14-16-5-6-17-3-1-2-4-19(17)13-16/h1-10,13,15,22,33H,11-12,14H2,(H,26,31)(H,28,32). The van der Waals surface area contributed by atoms with Crippen molar-refractivity contribution < 1.29 is 19.2 Å². The molecular weight excluding hydrogens is 425 g/mol. The van der Waals surface area contributed by atoms with E-state index >= 15 is 0 Å². The molecule has 1 aromatic heterocycles. The number of hydrogen-bond donors (Lipinski definition) is 3. The smallest absolute Gasteiger partial charge is 0.268 e. The maximum atomic E-state index is 13.0. The van der Waals surface area contributed by atoms with Crippen molar-refractivity contribution in [3.63, 3.8) is 0 Å². The number of rotatable bonds is 8. The van der Waals surface area contributed by atoms with Crippen LogP contribution in [-0.4, -0.2) is 38.6 Å². The van der Waals surface area contributed by atoms with Crippen LogP contribution < -0.4 is 10.8 Å². The minimum atomic E-state index is -0.800. The van der Waals surface area contributed by atoms with E-state index in [9.17, 15) is 19.2 Å². The van der Waals surface area contributed by atoms with E-state index in [1.54, 1.807) is 11.7 Å². The lowest BCUT2D eigenvalue weighted by molar-refractivity contribution is -0.133. The van der Waals surface area contributed by atoms with Crippen LogP contribution >= 0.6 is 0 Å². The summed E-state index contributed by atoms with van der Waals surface area (Å²) in [6.45, 7) is 0.288. The van der Waals surface area contributed by atoms with E-state index < -0.39 is 17.8 Å². The van der Waals surface area contributed by atoms with E-state index in [0.717, 1.165) is 16.3 Å². The number of benzene rings is 3. The highest BCUT2D eigenvalue weighted by atomic mass is 19.1. The van der Waals surface area contributed by atoms with Crippen LogP contribution in [0.5, 0.6) is 0 Å². The Bertz CT molecular complexity index is 1270. The minimum absolute atomic E-state index is 0.288. The largest absolute Gasteiger partial charge is 0.352 e. The molecule has 9 heteroatoms. The van der Waals surface area contributed by atoms with Gasteiger partial charge in [0.1, 0.15) is 11.9 Å². The SMILES string of the molecule is O=C(NCCc1cn(C(Cc2ccc3ccccc3c2)C(=O)NO)nn1)c1ccc(F)cc1. The van der Waals surface area contributed by atoms with Gasteiger partial charge in [0.15, 0.2) is 0 Å². The van der Waals surface area contributed by atoms with Crippen LogP contribution in [0, 0.1) is 5.82 Å². The van der Waals surface area contributed by atoms with Crippen LogP contribution in [0.4, 0.5) is 4.39 Å². The summed E-state index contributed by atoms with van der Waals surface area (Å²) in [5.74, 6) is -1.34. The van der Waals surface area contributed by atoms with Gasteiger partial charge in [0.05, 0.1) is 5.69 Å². The number of hydrogen-bond acceptors (Lipinski definition) is 5. The highest BCUT2D eigenvalue weighted by molar-refractivity contribution is 5.94. The number of amides is 2. The van der Waals surface area contributed by atoms with Gasteiger partial charge in [-0.2, -0.15) is 0 Å². The maximum absolute atomic E-state index is 13.0. The summed E-state index contributed by atoms with van der Waals surface area (Å²) >= 11 is 0. The van der Waals surface area contributed by atoms with Gasteiger partial charge in [0.2, 0.25) is 0 Å². The Morgan fingerprint density at radius 2 is 1.79 bits per heavy atom. The Hall–Kier alpha value is -4.11. The second kappa shape index (κ2) is 10.0. The zero-order valence-electron chi connectivity index (χ0n) is 17.6. The van der Waals surface area contributed by atoms with Crippen LogP contribution in [0.3, 0.4) is 0 Å². The first-order valence-corrected chi connectivity index (χ1v) is 10.4. The second-order valence-electron chi connectivity index (χ2n) is 7.58. The topological polar surface area (TPSA) is 109 Å². The Morgan fingerprint density at radius 3 is 2.55 bits per heavy atom. The normalized spacial score (nSPS) is 11.8. The average Bonchev–Trinajstić information content (AvgIpc) is 3.30. The van der Waals surface area contributed by atoms with E-state index in [2.05, 4.69) is 15.6 Å². The van der Waals surface area contributed by atoms with E-state index in [1.807, 2.05) is 42.5 Å². The number of carbonyl (C=O) groups excluding carboxylic acids is 2. The maximum Gasteiger partial charge on any atom is 0.268 e. The van der Waals surface area contributed by atoms with Crippen LogP contribution in [0.2, 0.25) is 0 Å². The van der Waals surface area contributed by atoms with Gasteiger partial charge in [0, 0.05) is 31.1 Å². The molecule has 0 fully saturated rings. The molecular formula is C24H22FN5O3. The van der Waals surface area contributed by atoms with Gasteiger partial charge in [-0.3, -0.25) is 14.8 Å². The van der Waals surface area contributed by atoms with Crippen LogP contribution in [0.15, 0.2) is 72.9 Å². The average molecular weight is 447 g/mol. The summed E-state index contributed by atoms with van der Waals surface area (Å²) in [6, 6.07) is 18.3. The number of halogens is 1. The summed E-state index contributed by atoms with van der Waals surface area (Å²) in [4.78, 5) is 24.5. The van der Waals surface area contributed by atoms with Crippen molar-refractivity contribution in [1.29, 1.82) is 0 Å². The van der Waals surface area contributed by atoms with Crippen molar-refractivity contribution >= 4 is 22.6 Å². The molecule has 0 bridgehead atoms. The number of nitrogens with zero attached hydrogens (tertiary/aromatic N) is 3. The highest BCUT2D eigenvalue weighted by Gasteiger charge is 2.22. The van der Waals surface area contributed by atoms with Crippen molar-refractivity contribution in [2.75, 3.05) is 6.54 Å². The highest BCUT2D eigenvalue weighted by Crippen LogP contribution is 2.20. The molecule has 0 aliphatic carbocycles. The fraction of sp³-hybridized carbons (Fsp3) is 0.167. The molecule has 0 aliphatic rings. The van der Waals surface area contributed by atoms with Gasteiger partial charge in [-0.1, -0.05) is 47.7 Å². The van der Waals surface area contributed by atoms with Gasteiger partial charge < -0.3 is 5.32 Å². The third-order valence-corrected chi connectivity index (χ3v) is 5.31. The molecule has 1 unspecified atom stereocenters. The molecule has 0 saturated carbocycles. The van der Waals surface area contributed by atoms with Crippen LogP contribution in [0.25, 0.3) is 10.8 Å². The molecule has 1 atom stereocenters. The molecule has 2 amide bonds. The zero-order chi connectivity index (χ0) is 23.2. The Labute approximate surface area is 189 Å². The molecule has 1 heterocycles. The van der Waals surface area contributed by atoms with E-state index in [-0.39, 0.29) is 12.5 Å². The minimum Gasteiger partial charge on any atom is -0.352 e. The molecule has 0 spiro atoms. The molecule has 0 radical (unpaired) electrons. The van der Waals surface area contributed by atoms with E-state index in [0.29, 0.717) is 24.1 Å². The quantitative estimate of drug-likeness (QED) is 0.284. The Morgan fingerprint density at radius 1 is 1.03 bits per heavy atom. The summed E-state index contributed by atoms with van der Waals surface area (Å²) < 4.78 is 14.4. The first-order valence-electron chi connectivity index (χ1n) is 10.4. The van der Waals surface area contributed by atoms with Gasteiger partial charge in [-0.25, -0.2) is 14.6 Å². The number of fused-ring (bicyclic) bond motifs is 1. The lowest BCUT2D eigenvalue weighted by Crippen LogP contribution is -2.32. The van der Waals surface area contributed by atoms with Crippen molar-refractivity contribution in [2.24, 2.45) is 0 Å². The first kappa shape index (κ1) is 22.1. The second-order valence-corrected chi connectivity index (χ2v) is 7.58. The van der Waals surface area contributed by atoms with Gasteiger partial charge in [-0.05, 0) is 40.6 Å². The summed E-state index contributed by atoms with van der Waals surface area (Å²) in [7, 11) is 0. The molecule has 0 aliphatic heterocycles. The fourth-order valence-electron chi connectivity index (χ4n) is 3.56. The lowest BCUT2D eigenvalue weighted by atomic mass is 10.0. The molecule has 3 N–H and O–H groups in total. The van der Waals surface area contributed by atoms with Crippen molar-refractivity contribution in [1.82, 2.24) is 25.8 Å². The number of hydroxylamine groups is 1. The van der Waals surface area contributed by atoms with Crippen LogP contribution in [0.1, 0.15) is 27.7 Å². The molecule has 3 aromatic carbocycles. The van der Waals surface area contributed by atoms with Crippen molar-refractivity contribution in [3.05, 3.63) is 95.6 Å². The third-order valence-electron chi connectivity index (χ3n) is 5.31. The van der Waals surface area contributed by atoms with Crippen molar-refractivity contribution in [3.8, 4) is 0 Å². The zero-order valence-corrected chi connectivity index (χ0v) is 17.6. The summed E-state index contributed by atoms with van der Waals surface area (Å²) in [5, 5.41) is 22.2. The summed E-state index contributed by atoms with van der Waals surface area (Å²) in [6.07, 6.45) is 2.31. The number of carbonyl (C=O) groups is 2. The molecule has 8 nitrogen and oxygen atoms in total. The number of nitrogens with one attached hydrogen (secondary N) is 2. The van der Waals surface area contributed by atoms with Crippen LogP contribution in [-0.2, 0) is 17.6 Å². The fourth-order valence-corrected chi connectivity index (χ4v) is 3.56. The lowest BCUT2D eigenvalue weighted by Gasteiger charge is -2.15. The third kappa shape index (κ3) is 5.39. The predicted molar refractivity (Wildman–Crippen MR) is 119 cm³/mol. The van der Waals surface area contributed by atoms with Gasteiger partial charge in [0.25, 0.3) is 11.8 Å². The Balaban J connectivity index is 1.41.